The van der Waals surface area contributed by atoms with E-state index in [9.17, 15) is 4.79 Å². The van der Waals surface area contributed by atoms with Crippen molar-refractivity contribution in [3.05, 3.63) is 47.0 Å². The van der Waals surface area contributed by atoms with Gasteiger partial charge in [0.05, 0.1) is 6.61 Å². The zero-order valence-electron chi connectivity index (χ0n) is 13.0. The van der Waals surface area contributed by atoms with E-state index in [1.54, 1.807) is 0 Å². The van der Waals surface area contributed by atoms with Crippen molar-refractivity contribution in [2.75, 3.05) is 13.2 Å². The number of carbonyl (C=O) groups excluding carboxylic acids is 1. The van der Waals surface area contributed by atoms with E-state index in [2.05, 4.69) is 27.6 Å². The van der Waals surface area contributed by atoms with Gasteiger partial charge in [-0.2, -0.15) is 0 Å². The number of amides is 1. The van der Waals surface area contributed by atoms with Gasteiger partial charge in [-0.1, -0.05) is 24.3 Å². The summed E-state index contributed by atoms with van der Waals surface area (Å²) in [6.45, 7) is 1.98. The van der Waals surface area contributed by atoms with Crippen LogP contribution in [0.1, 0.15) is 46.5 Å². The van der Waals surface area contributed by atoms with E-state index < -0.39 is 0 Å². The van der Waals surface area contributed by atoms with Crippen molar-refractivity contribution < 1.29 is 9.53 Å². The van der Waals surface area contributed by atoms with E-state index in [0.29, 0.717) is 19.0 Å². The number of hydrogen-bond acceptors (Lipinski definition) is 4. The van der Waals surface area contributed by atoms with Crippen molar-refractivity contribution in [2.45, 2.75) is 38.3 Å². The lowest BCUT2D eigenvalue weighted by Crippen LogP contribution is -2.33. The third-order valence-corrected chi connectivity index (χ3v) is 4.60. The Hall–Kier alpha value is -2.21. The average Bonchev–Trinajstić information content (AvgIpc) is 3.04. The van der Waals surface area contributed by atoms with Crippen LogP contribution in [0.25, 0.3) is 0 Å². The van der Waals surface area contributed by atoms with Crippen molar-refractivity contribution in [3.8, 4) is 0 Å². The highest BCUT2D eigenvalue weighted by Crippen LogP contribution is 2.26. The fourth-order valence-corrected chi connectivity index (χ4v) is 3.39. The summed E-state index contributed by atoms with van der Waals surface area (Å²) in [5.74, 6) is 1.17. The van der Waals surface area contributed by atoms with Crippen LogP contribution in [0, 0.1) is 0 Å². The Labute approximate surface area is 134 Å². The zero-order chi connectivity index (χ0) is 15.6. The molecule has 6 heteroatoms. The molecule has 1 amide bonds. The molecule has 120 valence electrons. The van der Waals surface area contributed by atoms with E-state index in [1.165, 1.54) is 11.1 Å². The van der Waals surface area contributed by atoms with Crippen LogP contribution in [-0.2, 0) is 24.1 Å². The predicted molar refractivity (Wildman–Crippen MR) is 84.1 cm³/mol. The molecule has 3 heterocycles. The average molecular weight is 312 g/mol. The summed E-state index contributed by atoms with van der Waals surface area (Å²) in [6, 6.07) is 8.26. The number of aromatic nitrogens is 3. The lowest BCUT2D eigenvalue weighted by atomic mass is 9.97. The van der Waals surface area contributed by atoms with Gasteiger partial charge in [0.15, 0.2) is 0 Å². The lowest BCUT2D eigenvalue weighted by molar-refractivity contribution is 0.0409. The Bertz CT molecular complexity index is 725. The second kappa shape index (κ2) is 6.12. The molecular formula is C17H20N4O2. The summed E-state index contributed by atoms with van der Waals surface area (Å²) in [5.41, 5.74) is 2.47. The van der Waals surface area contributed by atoms with Crippen LogP contribution in [0.3, 0.4) is 0 Å². The van der Waals surface area contributed by atoms with Gasteiger partial charge in [0.2, 0.25) is 5.82 Å². The van der Waals surface area contributed by atoms with Gasteiger partial charge in [-0.25, -0.2) is 0 Å². The van der Waals surface area contributed by atoms with Gasteiger partial charge < -0.3 is 14.6 Å². The third kappa shape index (κ3) is 2.74. The van der Waals surface area contributed by atoms with E-state index in [0.717, 1.165) is 38.1 Å². The first-order valence-corrected chi connectivity index (χ1v) is 8.22. The van der Waals surface area contributed by atoms with Crippen molar-refractivity contribution in [1.82, 2.24) is 20.1 Å². The highest BCUT2D eigenvalue weighted by atomic mass is 16.5. The number of aryl methyl sites for hydroxylation is 1. The first kappa shape index (κ1) is 14.4. The number of hydrogen-bond donors (Lipinski definition) is 1. The molecule has 4 rings (SSSR count). The van der Waals surface area contributed by atoms with Crippen LogP contribution >= 0.6 is 0 Å². The van der Waals surface area contributed by atoms with E-state index >= 15 is 0 Å². The maximum atomic E-state index is 12.4. The van der Waals surface area contributed by atoms with Crippen molar-refractivity contribution in [3.63, 3.8) is 0 Å². The molecule has 1 atom stereocenters. The SMILES string of the molecule is O=C(NCC1OCCc2ccccc21)c1nnc2n1CCCC2. The molecule has 1 N–H and O–H groups in total. The molecule has 0 aliphatic carbocycles. The Morgan fingerprint density at radius 3 is 3.13 bits per heavy atom. The van der Waals surface area contributed by atoms with Crippen molar-refractivity contribution in [2.24, 2.45) is 0 Å². The molecule has 0 spiro atoms. The topological polar surface area (TPSA) is 69.0 Å². The molecule has 23 heavy (non-hydrogen) atoms. The minimum absolute atomic E-state index is 0.0901. The van der Waals surface area contributed by atoms with Gasteiger partial charge in [-0.3, -0.25) is 4.79 Å². The van der Waals surface area contributed by atoms with Crippen molar-refractivity contribution in [1.29, 1.82) is 0 Å². The Morgan fingerprint density at radius 1 is 1.26 bits per heavy atom. The molecule has 2 aromatic rings. The van der Waals surface area contributed by atoms with Crippen LogP contribution in [-0.4, -0.2) is 33.8 Å². The highest BCUT2D eigenvalue weighted by molar-refractivity contribution is 5.90. The second-order valence-electron chi connectivity index (χ2n) is 6.07. The molecule has 0 fully saturated rings. The largest absolute Gasteiger partial charge is 0.371 e. The van der Waals surface area contributed by atoms with Gasteiger partial charge in [-0.15, -0.1) is 10.2 Å². The van der Waals surface area contributed by atoms with Gasteiger partial charge >= 0.3 is 0 Å². The molecule has 1 unspecified atom stereocenters. The highest BCUT2D eigenvalue weighted by Gasteiger charge is 2.24. The van der Waals surface area contributed by atoms with Crippen LogP contribution in [0.4, 0.5) is 0 Å². The van der Waals surface area contributed by atoms with Crippen molar-refractivity contribution >= 4 is 5.91 Å². The van der Waals surface area contributed by atoms with E-state index in [-0.39, 0.29) is 12.0 Å². The number of rotatable bonds is 3. The minimum Gasteiger partial charge on any atom is -0.371 e. The summed E-state index contributed by atoms with van der Waals surface area (Å²) < 4.78 is 7.77. The summed E-state index contributed by atoms with van der Waals surface area (Å²) in [7, 11) is 0. The smallest absolute Gasteiger partial charge is 0.289 e. The number of benzene rings is 1. The Balaban J connectivity index is 1.46. The molecule has 0 saturated carbocycles. The minimum atomic E-state index is -0.169. The molecule has 1 aromatic carbocycles. The molecule has 0 saturated heterocycles. The van der Waals surface area contributed by atoms with Gasteiger partial charge in [0, 0.05) is 19.5 Å². The van der Waals surface area contributed by atoms with E-state index in [4.69, 9.17) is 4.74 Å². The van der Waals surface area contributed by atoms with Gasteiger partial charge in [0.25, 0.3) is 5.91 Å². The zero-order valence-corrected chi connectivity index (χ0v) is 13.0. The number of ether oxygens (including phenoxy) is 1. The summed E-state index contributed by atoms with van der Waals surface area (Å²) in [5, 5.41) is 11.2. The van der Waals surface area contributed by atoms with Crippen LogP contribution in [0.2, 0.25) is 0 Å². The Kier molecular flexibility index (Phi) is 3.83. The first-order chi connectivity index (χ1) is 11.3. The standard InChI is InChI=1S/C17H20N4O2/c22-17(16-20-19-15-7-3-4-9-21(15)16)18-11-14-13-6-2-1-5-12(13)8-10-23-14/h1-2,5-6,14H,3-4,7-11H2,(H,18,22). The van der Waals surface area contributed by atoms with Gasteiger partial charge in [0.1, 0.15) is 11.9 Å². The summed E-state index contributed by atoms with van der Waals surface area (Å²) in [4.78, 5) is 12.4. The number of carbonyl (C=O) groups is 1. The summed E-state index contributed by atoms with van der Waals surface area (Å²) >= 11 is 0. The molecule has 6 nitrogen and oxygen atoms in total. The fourth-order valence-electron chi connectivity index (χ4n) is 3.39. The molecule has 1 aromatic heterocycles. The maximum absolute atomic E-state index is 12.4. The molecule has 0 bridgehead atoms. The number of nitrogens with zero attached hydrogens (tertiary/aromatic N) is 3. The normalized spacial score (nSPS) is 19.7. The Morgan fingerprint density at radius 2 is 2.17 bits per heavy atom. The van der Waals surface area contributed by atoms with Crippen LogP contribution < -0.4 is 5.32 Å². The third-order valence-electron chi connectivity index (χ3n) is 4.60. The molecule has 0 radical (unpaired) electrons. The van der Waals surface area contributed by atoms with Crippen LogP contribution in [0.15, 0.2) is 24.3 Å². The molecule has 2 aliphatic heterocycles. The lowest BCUT2D eigenvalue weighted by Gasteiger charge is -2.26. The monoisotopic (exact) mass is 312 g/mol. The van der Waals surface area contributed by atoms with Gasteiger partial charge in [-0.05, 0) is 30.4 Å². The fraction of sp³-hybridized carbons (Fsp3) is 0.471. The second-order valence-corrected chi connectivity index (χ2v) is 6.07. The molecular weight excluding hydrogens is 292 g/mol. The number of fused-ring (bicyclic) bond motifs is 2. The maximum Gasteiger partial charge on any atom is 0.289 e. The molecule has 2 aliphatic rings. The predicted octanol–water partition coefficient (Wildman–Crippen LogP) is 1.66. The van der Waals surface area contributed by atoms with Crippen LogP contribution in [0.5, 0.6) is 0 Å². The first-order valence-electron chi connectivity index (χ1n) is 8.22. The quantitative estimate of drug-likeness (QED) is 0.936. The van der Waals surface area contributed by atoms with E-state index in [1.807, 2.05) is 16.7 Å². The summed E-state index contributed by atoms with van der Waals surface area (Å²) in [6.07, 6.45) is 3.93. The number of nitrogens with one attached hydrogen (secondary N) is 1.